The first-order valence-electron chi connectivity index (χ1n) is 8.15. The maximum absolute atomic E-state index is 14.2. The quantitative estimate of drug-likeness (QED) is 0.640. The molecule has 2 aromatic heterocycles. The van der Waals surface area contributed by atoms with E-state index in [1.807, 2.05) is 0 Å². The Morgan fingerprint density at radius 3 is 2.54 bits per heavy atom. The van der Waals surface area contributed by atoms with Crippen LogP contribution in [-0.4, -0.2) is 36.7 Å². The third-order valence-corrected chi connectivity index (χ3v) is 3.89. The van der Waals surface area contributed by atoms with Crippen LogP contribution in [0.4, 0.5) is 23.4 Å². The minimum atomic E-state index is -5.01. The van der Waals surface area contributed by atoms with Gasteiger partial charge in [0.1, 0.15) is 12.1 Å². The lowest BCUT2D eigenvalue weighted by Gasteiger charge is -2.31. The van der Waals surface area contributed by atoms with E-state index in [0.29, 0.717) is 17.3 Å². The molecule has 150 valence electrons. The Kier molecular flexibility index (Phi) is 4.88. The minimum Gasteiger partial charge on any atom is -0.403 e. The Morgan fingerprint density at radius 1 is 1.21 bits per heavy atom. The van der Waals surface area contributed by atoms with Crippen LogP contribution in [0.15, 0.2) is 30.6 Å². The SMILES string of the molecule is Cc1cc(N[C@@H](c2ccc(OC(F)(F)F)c(F)c2)C(C)(C)O)n2ncnc2n1. The topological polar surface area (TPSA) is 84.6 Å². The highest BCUT2D eigenvalue weighted by Gasteiger charge is 2.34. The fourth-order valence-electron chi connectivity index (χ4n) is 2.75. The number of benzene rings is 1. The van der Waals surface area contributed by atoms with Crippen molar-refractivity contribution in [2.45, 2.75) is 38.8 Å². The van der Waals surface area contributed by atoms with Gasteiger partial charge in [0.05, 0.1) is 11.6 Å². The second kappa shape index (κ2) is 6.89. The van der Waals surface area contributed by atoms with E-state index in [2.05, 4.69) is 25.1 Å². The standard InChI is InChI=1S/C17H17F4N5O2/c1-9-6-13(26-15(24-9)22-8-23-26)25-14(16(2,3)27)10-4-5-12(11(18)7-10)28-17(19,20)21/h4-8,14,25,27H,1-3H3/t14-/m0/s1. The van der Waals surface area contributed by atoms with Gasteiger partial charge in [0.15, 0.2) is 11.6 Å². The van der Waals surface area contributed by atoms with Crippen LogP contribution in [0.3, 0.4) is 0 Å². The van der Waals surface area contributed by atoms with Crippen molar-refractivity contribution >= 4 is 11.6 Å². The summed E-state index contributed by atoms with van der Waals surface area (Å²) in [6.45, 7) is 4.70. The lowest BCUT2D eigenvalue weighted by Crippen LogP contribution is -2.35. The molecule has 0 fully saturated rings. The van der Waals surface area contributed by atoms with E-state index in [0.717, 1.165) is 12.1 Å². The fourth-order valence-corrected chi connectivity index (χ4v) is 2.75. The predicted molar refractivity (Wildman–Crippen MR) is 91.3 cm³/mol. The zero-order valence-corrected chi connectivity index (χ0v) is 15.1. The first-order chi connectivity index (χ1) is 12.9. The fraction of sp³-hybridized carbons (Fsp3) is 0.353. The van der Waals surface area contributed by atoms with Gasteiger partial charge >= 0.3 is 6.36 Å². The van der Waals surface area contributed by atoms with Crippen molar-refractivity contribution in [1.29, 1.82) is 0 Å². The van der Waals surface area contributed by atoms with Crippen LogP contribution in [0.1, 0.15) is 31.1 Å². The van der Waals surface area contributed by atoms with Crippen molar-refractivity contribution < 1.29 is 27.4 Å². The lowest BCUT2D eigenvalue weighted by molar-refractivity contribution is -0.275. The van der Waals surface area contributed by atoms with Crippen LogP contribution < -0.4 is 10.1 Å². The Balaban J connectivity index is 1.99. The average Bonchev–Trinajstić information content (AvgIpc) is 3.00. The van der Waals surface area contributed by atoms with Crippen molar-refractivity contribution in [1.82, 2.24) is 19.6 Å². The molecule has 3 aromatic rings. The summed E-state index contributed by atoms with van der Waals surface area (Å²) in [5, 5.41) is 17.7. The number of aromatic nitrogens is 4. The van der Waals surface area contributed by atoms with E-state index >= 15 is 0 Å². The van der Waals surface area contributed by atoms with Crippen molar-refractivity contribution in [3.05, 3.63) is 47.7 Å². The van der Waals surface area contributed by atoms with Gasteiger partial charge in [-0.05, 0) is 38.5 Å². The maximum atomic E-state index is 14.2. The number of alkyl halides is 3. The summed E-state index contributed by atoms with van der Waals surface area (Å²) in [6, 6.07) is 3.74. The van der Waals surface area contributed by atoms with Gasteiger partial charge in [-0.15, -0.1) is 13.2 Å². The van der Waals surface area contributed by atoms with E-state index in [4.69, 9.17) is 0 Å². The first-order valence-corrected chi connectivity index (χ1v) is 8.15. The van der Waals surface area contributed by atoms with Gasteiger partial charge in [0.2, 0.25) is 0 Å². The van der Waals surface area contributed by atoms with Crippen molar-refractivity contribution in [3.8, 4) is 5.75 Å². The van der Waals surface area contributed by atoms with E-state index in [9.17, 15) is 22.7 Å². The normalized spacial score (nSPS) is 13.6. The molecular weight excluding hydrogens is 382 g/mol. The molecule has 3 rings (SSSR count). The molecule has 0 saturated heterocycles. The summed E-state index contributed by atoms with van der Waals surface area (Å²) in [5.74, 6) is -1.42. The van der Waals surface area contributed by atoms with Gasteiger partial charge in [-0.25, -0.2) is 9.37 Å². The Labute approximate surface area is 157 Å². The third-order valence-electron chi connectivity index (χ3n) is 3.89. The number of hydrogen-bond donors (Lipinski definition) is 2. The summed E-state index contributed by atoms with van der Waals surface area (Å²) >= 11 is 0. The number of ether oxygens (including phenoxy) is 1. The Morgan fingerprint density at radius 2 is 1.93 bits per heavy atom. The minimum absolute atomic E-state index is 0.210. The van der Waals surface area contributed by atoms with Crippen molar-refractivity contribution in [2.24, 2.45) is 0 Å². The van der Waals surface area contributed by atoms with Gasteiger partial charge < -0.3 is 15.2 Å². The number of fused-ring (bicyclic) bond motifs is 1. The van der Waals surface area contributed by atoms with Gasteiger partial charge in [-0.2, -0.15) is 14.6 Å². The maximum Gasteiger partial charge on any atom is 0.573 e. The Hall–Kier alpha value is -2.95. The highest BCUT2D eigenvalue weighted by molar-refractivity contribution is 5.48. The Bertz CT molecular complexity index is 997. The van der Waals surface area contributed by atoms with Gasteiger partial charge in [-0.1, -0.05) is 6.07 Å². The molecule has 2 heterocycles. The number of anilines is 1. The molecular formula is C17H17F4N5O2. The van der Waals surface area contributed by atoms with E-state index in [1.165, 1.54) is 30.8 Å². The number of rotatable bonds is 5. The predicted octanol–water partition coefficient (Wildman–Crippen LogP) is 3.39. The van der Waals surface area contributed by atoms with Crippen LogP contribution in [-0.2, 0) is 0 Å². The van der Waals surface area contributed by atoms with Crippen LogP contribution in [0, 0.1) is 12.7 Å². The molecule has 1 aromatic carbocycles. The van der Waals surface area contributed by atoms with Crippen molar-refractivity contribution in [3.63, 3.8) is 0 Å². The molecule has 1 atom stereocenters. The molecule has 11 heteroatoms. The molecule has 0 amide bonds. The van der Waals surface area contributed by atoms with E-state index < -0.39 is 29.6 Å². The number of halogens is 4. The van der Waals surface area contributed by atoms with Crippen LogP contribution >= 0.6 is 0 Å². The smallest absolute Gasteiger partial charge is 0.403 e. The summed E-state index contributed by atoms with van der Waals surface area (Å²) < 4.78 is 56.3. The van der Waals surface area contributed by atoms with E-state index in [1.54, 1.807) is 13.0 Å². The molecule has 0 saturated carbocycles. The number of nitrogens with one attached hydrogen (secondary N) is 1. The van der Waals surface area contributed by atoms with Crippen LogP contribution in [0.5, 0.6) is 5.75 Å². The zero-order chi connectivity index (χ0) is 20.7. The number of aliphatic hydroxyl groups is 1. The summed E-state index contributed by atoms with van der Waals surface area (Å²) in [7, 11) is 0. The molecule has 28 heavy (non-hydrogen) atoms. The van der Waals surface area contributed by atoms with Crippen LogP contribution in [0.2, 0.25) is 0 Å². The summed E-state index contributed by atoms with van der Waals surface area (Å²) in [6.07, 6.45) is -3.71. The molecule has 0 aliphatic carbocycles. The highest BCUT2D eigenvalue weighted by atomic mass is 19.4. The second-order valence-electron chi connectivity index (χ2n) is 6.72. The van der Waals surface area contributed by atoms with Gasteiger partial charge in [0.25, 0.3) is 5.78 Å². The average molecular weight is 399 g/mol. The number of nitrogens with zero attached hydrogens (tertiary/aromatic N) is 4. The monoisotopic (exact) mass is 399 g/mol. The largest absolute Gasteiger partial charge is 0.573 e. The van der Waals surface area contributed by atoms with Crippen LogP contribution in [0.25, 0.3) is 5.78 Å². The molecule has 2 N–H and O–H groups in total. The number of aryl methyl sites for hydroxylation is 1. The molecule has 7 nitrogen and oxygen atoms in total. The van der Waals surface area contributed by atoms with Gasteiger partial charge in [0, 0.05) is 11.8 Å². The molecule has 0 bridgehead atoms. The third kappa shape index (κ3) is 4.30. The molecule has 0 aliphatic rings. The number of hydrogen-bond acceptors (Lipinski definition) is 6. The lowest BCUT2D eigenvalue weighted by atomic mass is 9.91. The van der Waals surface area contributed by atoms with Crippen molar-refractivity contribution in [2.75, 3.05) is 5.32 Å². The van der Waals surface area contributed by atoms with E-state index in [-0.39, 0.29) is 5.56 Å². The molecule has 0 unspecified atom stereocenters. The molecule has 0 aliphatic heterocycles. The van der Waals surface area contributed by atoms with Gasteiger partial charge in [-0.3, -0.25) is 0 Å². The zero-order valence-electron chi connectivity index (χ0n) is 15.1. The summed E-state index contributed by atoms with van der Waals surface area (Å²) in [5.41, 5.74) is -0.581. The molecule has 0 radical (unpaired) electrons. The first kappa shape index (κ1) is 19.8. The molecule has 0 spiro atoms. The second-order valence-corrected chi connectivity index (χ2v) is 6.72. The summed E-state index contributed by atoms with van der Waals surface area (Å²) in [4.78, 5) is 8.20. The highest BCUT2D eigenvalue weighted by Crippen LogP contribution is 2.33.